The molecule has 0 aliphatic heterocycles. The van der Waals surface area contributed by atoms with Gasteiger partial charge in [0.15, 0.2) is 0 Å². The summed E-state index contributed by atoms with van der Waals surface area (Å²) in [6, 6.07) is 11.7. The maximum absolute atomic E-state index is 5.08. The second-order valence-corrected chi connectivity index (χ2v) is 4.31. The zero-order chi connectivity index (χ0) is 11.2. The first-order valence-corrected chi connectivity index (χ1v) is 5.78. The summed E-state index contributed by atoms with van der Waals surface area (Å²) in [6.07, 6.45) is 4.89. The van der Waals surface area contributed by atoms with Crippen LogP contribution in [0.1, 0.15) is 11.3 Å². The number of rotatable bonds is 3. The third-order valence-corrected chi connectivity index (χ3v) is 2.52. The summed E-state index contributed by atoms with van der Waals surface area (Å²) in [5.41, 5.74) is 1.03. The van der Waals surface area contributed by atoms with Crippen molar-refractivity contribution in [3.63, 3.8) is 0 Å². The van der Waals surface area contributed by atoms with E-state index in [-0.39, 0.29) is 0 Å². The number of benzene rings is 1. The Bertz CT molecular complexity index is 503. The minimum absolute atomic E-state index is 0.694. The third-order valence-electron chi connectivity index (χ3n) is 1.85. The van der Waals surface area contributed by atoms with E-state index in [1.54, 1.807) is 18.7 Å². The highest BCUT2D eigenvalue weighted by Gasteiger charge is 1.89. The topological polar surface area (TPSA) is 37.9 Å². The lowest BCUT2D eigenvalue weighted by molar-refractivity contribution is 0.560. The van der Waals surface area contributed by atoms with Crippen molar-refractivity contribution in [2.24, 2.45) is 10.2 Å². The average Bonchev–Trinajstić information content (AvgIpc) is 2.77. The number of hydrogen-bond donors (Lipinski definition) is 0. The van der Waals surface area contributed by atoms with Crippen molar-refractivity contribution < 1.29 is 4.42 Å². The summed E-state index contributed by atoms with van der Waals surface area (Å²) < 4.78 is 6.26. The summed E-state index contributed by atoms with van der Waals surface area (Å²) in [7, 11) is 0. The van der Waals surface area contributed by atoms with Crippen LogP contribution in [-0.2, 0) is 0 Å². The van der Waals surface area contributed by atoms with E-state index < -0.39 is 0 Å². The summed E-state index contributed by atoms with van der Waals surface area (Å²) >= 11 is 2.26. The average molecular weight is 324 g/mol. The van der Waals surface area contributed by atoms with Crippen LogP contribution in [0, 0.1) is 3.57 Å². The number of halogens is 1. The van der Waals surface area contributed by atoms with Crippen molar-refractivity contribution in [3.05, 3.63) is 57.6 Å². The quantitative estimate of drug-likeness (QED) is 0.485. The molecule has 0 N–H and O–H groups in total. The van der Waals surface area contributed by atoms with Crippen molar-refractivity contribution in [1.29, 1.82) is 0 Å². The molecule has 0 aliphatic carbocycles. The molecule has 0 saturated heterocycles. The summed E-state index contributed by atoms with van der Waals surface area (Å²) in [4.78, 5) is 0. The van der Waals surface area contributed by atoms with Crippen LogP contribution in [0.4, 0.5) is 0 Å². The van der Waals surface area contributed by atoms with E-state index >= 15 is 0 Å². The number of furan rings is 1. The molecule has 1 aromatic heterocycles. The minimum atomic E-state index is 0.694. The van der Waals surface area contributed by atoms with Crippen molar-refractivity contribution in [1.82, 2.24) is 0 Å². The molecule has 0 atom stereocenters. The summed E-state index contributed by atoms with van der Waals surface area (Å²) in [5, 5.41) is 7.83. The van der Waals surface area contributed by atoms with Gasteiger partial charge < -0.3 is 4.42 Å². The Kier molecular flexibility index (Phi) is 3.87. The molecule has 16 heavy (non-hydrogen) atoms. The Morgan fingerprint density at radius 1 is 1.06 bits per heavy atom. The van der Waals surface area contributed by atoms with Gasteiger partial charge in [-0.05, 0) is 52.4 Å². The Labute approximate surface area is 107 Å². The highest BCUT2D eigenvalue weighted by Crippen LogP contribution is 2.05. The van der Waals surface area contributed by atoms with E-state index in [9.17, 15) is 0 Å². The van der Waals surface area contributed by atoms with Gasteiger partial charge in [-0.15, -0.1) is 0 Å². The number of nitrogens with zero attached hydrogens (tertiary/aromatic N) is 2. The van der Waals surface area contributed by atoms with Crippen molar-refractivity contribution in [2.75, 3.05) is 0 Å². The lowest BCUT2D eigenvalue weighted by Crippen LogP contribution is -1.81. The van der Waals surface area contributed by atoms with Crippen LogP contribution in [0.5, 0.6) is 0 Å². The van der Waals surface area contributed by atoms with Gasteiger partial charge in [-0.25, -0.2) is 0 Å². The van der Waals surface area contributed by atoms with Gasteiger partial charge in [0.05, 0.1) is 18.7 Å². The standard InChI is InChI=1S/C12H9IN2O/c13-11-4-1-3-10(7-11)8-14-15-9-12-5-2-6-16-12/h1-9H. The fourth-order valence-corrected chi connectivity index (χ4v) is 1.71. The van der Waals surface area contributed by atoms with Crippen LogP contribution in [0.3, 0.4) is 0 Å². The molecule has 0 unspecified atom stereocenters. The van der Waals surface area contributed by atoms with Crippen LogP contribution in [0.2, 0.25) is 0 Å². The second-order valence-electron chi connectivity index (χ2n) is 3.06. The monoisotopic (exact) mass is 324 g/mol. The van der Waals surface area contributed by atoms with Gasteiger partial charge in [0.1, 0.15) is 5.76 Å². The first-order valence-electron chi connectivity index (χ1n) is 4.70. The van der Waals surface area contributed by atoms with E-state index in [0.29, 0.717) is 5.76 Å². The van der Waals surface area contributed by atoms with Gasteiger partial charge in [0.2, 0.25) is 0 Å². The molecule has 0 radical (unpaired) electrons. The Balaban J connectivity index is 2.00. The first-order chi connectivity index (χ1) is 7.84. The van der Waals surface area contributed by atoms with Gasteiger partial charge in [0, 0.05) is 3.57 Å². The highest BCUT2D eigenvalue weighted by molar-refractivity contribution is 14.1. The van der Waals surface area contributed by atoms with E-state index in [1.165, 1.54) is 3.57 Å². The van der Waals surface area contributed by atoms with E-state index in [0.717, 1.165) is 5.56 Å². The van der Waals surface area contributed by atoms with E-state index in [1.807, 2.05) is 36.4 Å². The fraction of sp³-hybridized carbons (Fsp3) is 0. The highest BCUT2D eigenvalue weighted by atomic mass is 127. The van der Waals surface area contributed by atoms with Crippen molar-refractivity contribution in [3.8, 4) is 0 Å². The van der Waals surface area contributed by atoms with Crippen LogP contribution in [0.25, 0.3) is 0 Å². The lowest BCUT2D eigenvalue weighted by atomic mass is 10.2. The second kappa shape index (κ2) is 5.60. The van der Waals surface area contributed by atoms with Crippen molar-refractivity contribution in [2.45, 2.75) is 0 Å². The van der Waals surface area contributed by atoms with Gasteiger partial charge in [-0.3, -0.25) is 0 Å². The van der Waals surface area contributed by atoms with Crippen LogP contribution >= 0.6 is 22.6 Å². The zero-order valence-corrected chi connectivity index (χ0v) is 10.5. The van der Waals surface area contributed by atoms with Crippen LogP contribution in [-0.4, -0.2) is 12.4 Å². The smallest absolute Gasteiger partial charge is 0.146 e. The minimum Gasteiger partial charge on any atom is -0.463 e. The molecule has 3 nitrogen and oxygen atoms in total. The largest absolute Gasteiger partial charge is 0.463 e. The molecule has 80 valence electrons. The fourth-order valence-electron chi connectivity index (χ4n) is 1.14. The molecule has 1 heterocycles. The predicted octanol–water partition coefficient (Wildman–Crippen LogP) is 3.34. The molecule has 2 aromatic rings. The Morgan fingerprint density at radius 3 is 2.69 bits per heavy atom. The summed E-state index contributed by atoms with van der Waals surface area (Å²) in [6.45, 7) is 0. The normalized spacial score (nSPS) is 11.6. The molecule has 0 aliphatic rings. The van der Waals surface area contributed by atoms with Gasteiger partial charge >= 0.3 is 0 Å². The first kappa shape index (κ1) is 11.1. The molecule has 0 spiro atoms. The maximum atomic E-state index is 5.08. The molecule has 0 amide bonds. The molecule has 0 bridgehead atoms. The Hall–Kier alpha value is -1.43. The Morgan fingerprint density at radius 2 is 1.94 bits per heavy atom. The zero-order valence-electron chi connectivity index (χ0n) is 8.38. The summed E-state index contributed by atoms with van der Waals surface area (Å²) in [5.74, 6) is 0.694. The van der Waals surface area contributed by atoms with Gasteiger partial charge in [-0.1, -0.05) is 12.1 Å². The van der Waals surface area contributed by atoms with Gasteiger partial charge in [0.25, 0.3) is 0 Å². The SMILES string of the molecule is Ic1cccc(C=NN=Cc2ccco2)c1. The van der Waals surface area contributed by atoms with E-state index in [2.05, 4.69) is 32.8 Å². The molecule has 0 fully saturated rings. The van der Waals surface area contributed by atoms with Gasteiger partial charge in [-0.2, -0.15) is 10.2 Å². The molecule has 4 heteroatoms. The molecule has 0 saturated carbocycles. The molecular formula is C12H9IN2O. The third kappa shape index (κ3) is 3.30. The molecule has 2 rings (SSSR count). The lowest BCUT2D eigenvalue weighted by Gasteiger charge is -1.91. The molecule has 1 aromatic carbocycles. The predicted molar refractivity (Wildman–Crippen MR) is 73.1 cm³/mol. The van der Waals surface area contributed by atoms with Crippen LogP contribution < -0.4 is 0 Å². The molecular weight excluding hydrogens is 315 g/mol. The van der Waals surface area contributed by atoms with Crippen LogP contribution in [0.15, 0.2) is 57.3 Å². The maximum Gasteiger partial charge on any atom is 0.146 e. The number of hydrogen-bond acceptors (Lipinski definition) is 3. The van der Waals surface area contributed by atoms with E-state index in [4.69, 9.17) is 4.42 Å². The van der Waals surface area contributed by atoms with Crippen molar-refractivity contribution >= 4 is 35.0 Å².